The molecule has 0 heteroatoms. The molecule has 0 N–H and O–H groups in total. The summed E-state index contributed by atoms with van der Waals surface area (Å²) < 4.78 is 0. The van der Waals surface area contributed by atoms with Crippen LogP contribution < -0.4 is 0 Å². The molecule has 0 radical (unpaired) electrons. The standard InChI is InChI=1S/12C3H8.12CH4/c12*1-3-2;;;;;;;;;;;;/h12*3H2,1-2H3;12*1H4. The molecule has 0 rings (SSSR count). The molecule has 0 aliphatic heterocycles. The van der Waals surface area contributed by atoms with Gasteiger partial charge in [-0.3, -0.25) is 0 Å². The molecule has 0 saturated carbocycles. The third-order valence-corrected chi connectivity index (χ3v) is 0. The molecule has 0 fully saturated rings. The van der Waals surface area contributed by atoms with Crippen molar-refractivity contribution in [1.82, 2.24) is 0 Å². The first-order valence-corrected chi connectivity index (χ1v) is 17.0. The molecule has 0 spiro atoms. The van der Waals surface area contributed by atoms with E-state index in [0.717, 1.165) is 0 Å². The molecular formula is C48H144. The van der Waals surface area contributed by atoms with Crippen LogP contribution in [0.4, 0.5) is 0 Å². The smallest absolute Gasteiger partial charge is 0.0590 e. The van der Waals surface area contributed by atoms with E-state index >= 15 is 0 Å². The molecule has 0 bridgehead atoms. The second-order valence-corrected chi connectivity index (χ2v) is 8.49. The largest absolute Gasteiger partial charge is 0.0776 e. The molecule has 0 saturated heterocycles. The topological polar surface area (TPSA) is 0 Å². The zero-order valence-corrected chi connectivity index (χ0v) is 32.5. The average Bonchev–Trinajstić information content (AvgIpc) is 2.75. The Morgan fingerprint density at radius 3 is 0.104 bits per heavy atom. The number of hydrogen-bond acceptors (Lipinski definition) is 0. The van der Waals surface area contributed by atoms with Crippen LogP contribution in [-0.4, -0.2) is 0 Å². The van der Waals surface area contributed by atoms with Crippen LogP contribution in [-0.2, 0) is 0 Å². The van der Waals surface area contributed by atoms with E-state index < -0.39 is 0 Å². The Bertz CT molecular complexity index is 43.0. The third kappa shape index (κ3) is 0. The third-order valence-electron chi connectivity index (χ3n) is 0. The Balaban J connectivity index is -0.00000000582. The van der Waals surface area contributed by atoms with Gasteiger partial charge in [-0.2, -0.15) is 0 Å². The summed E-state index contributed by atoms with van der Waals surface area (Å²) in [7, 11) is 0. The van der Waals surface area contributed by atoms with Crippen LogP contribution in [0.3, 0.4) is 0 Å². The van der Waals surface area contributed by atoms with E-state index in [1.54, 1.807) is 0 Å². The van der Waals surface area contributed by atoms with Crippen molar-refractivity contribution in [3.8, 4) is 0 Å². The summed E-state index contributed by atoms with van der Waals surface area (Å²) in [5, 5.41) is 0. The lowest BCUT2D eigenvalue weighted by Gasteiger charge is -1.48. The summed E-state index contributed by atoms with van der Waals surface area (Å²) >= 11 is 0. The van der Waals surface area contributed by atoms with Crippen LogP contribution in [0.25, 0.3) is 0 Å². The maximum Gasteiger partial charge on any atom is -0.0590 e. The lowest BCUT2D eigenvalue weighted by Crippen LogP contribution is -1.27. The predicted octanol–water partition coefficient (Wildman–Crippen LogP) is 24.6. The molecular weight excluding hydrogens is 577 g/mol. The van der Waals surface area contributed by atoms with Crippen LogP contribution in [0.5, 0.6) is 0 Å². The van der Waals surface area contributed by atoms with Gasteiger partial charge in [0.1, 0.15) is 0 Å². The molecule has 336 valence electrons. The van der Waals surface area contributed by atoms with Gasteiger partial charge in [0.05, 0.1) is 0 Å². The Morgan fingerprint density at radius 2 is 0.104 bits per heavy atom. The fourth-order valence-corrected chi connectivity index (χ4v) is 0. The summed E-state index contributed by atoms with van der Waals surface area (Å²) in [6.07, 6.45) is 15.0. The Labute approximate surface area is 331 Å². The highest BCUT2D eigenvalue weighted by molar-refractivity contribution is 3.95. The van der Waals surface area contributed by atoms with Crippen molar-refractivity contribution in [3.05, 3.63) is 0 Å². The highest BCUT2D eigenvalue weighted by Gasteiger charge is 1.38. The van der Waals surface area contributed by atoms with Crippen molar-refractivity contribution < 1.29 is 0 Å². The summed E-state index contributed by atoms with van der Waals surface area (Å²) in [5.41, 5.74) is 0. The second kappa shape index (κ2) is 691. The van der Waals surface area contributed by atoms with Gasteiger partial charge >= 0.3 is 0 Å². The van der Waals surface area contributed by atoms with Crippen LogP contribution in [0.2, 0.25) is 0 Å². The Kier molecular flexibility index (Phi) is 2650. The molecule has 0 nitrogen and oxygen atoms in total. The van der Waals surface area contributed by atoms with Crippen LogP contribution >= 0.6 is 0 Å². The van der Waals surface area contributed by atoms with Gasteiger partial charge in [-0.25, -0.2) is 0 Å². The normalized spacial score (nSPS) is 4.50. The Morgan fingerprint density at radius 1 is 0.104 bits per heavy atom. The first-order chi connectivity index (χ1) is 17.0. The van der Waals surface area contributed by atoms with E-state index in [-0.39, 0.29) is 89.1 Å². The van der Waals surface area contributed by atoms with E-state index in [9.17, 15) is 0 Å². The minimum absolute atomic E-state index is 0. The van der Waals surface area contributed by atoms with Crippen LogP contribution in [0.1, 0.15) is 332 Å². The van der Waals surface area contributed by atoms with Crippen molar-refractivity contribution in [1.29, 1.82) is 0 Å². The maximum atomic E-state index is 2.12. The van der Waals surface area contributed by atoms with E-state index in [4.69, 9.17) is 0 Å². The monoisotopic (exact) mass is 721 g/mol. The minimum atomic E-state index is 0. The van der Waals surface area contributed by atoms with Crippen LogP contribution in [0.15, 0.2) is 0 Å². The quantitative estimate of drug-likeness (QED) is 0.234. The molecule has 0 aliphatic rings. The van der Waals surface area contributed by atoms with Gasteiger partial charge in [-0.15, -0.1) is 0 Å². The molecule has 0 aromatic carbocycles. The van der Waals surface area contributed by atoms with E-state index in [2.05, 4.69) is 166 Å². The van der Waals surface area contributed by atoms with Gasteiger partial charge in [0, 0.05) is 0 Å². The number of rotatable bonds is 0. The zero-order valence-electron chi connectivity index (χ0n) is 32.5. The lowest BCUT2D eigenvalue weighted by atomic mass is 10.6. The summed E-state index contributed by atoms with van der Waals surface area (Å²) in [5.74, 6) is 0. The fraction of sp³-hybridized carbons (Fsp3) is 1.00. The van der Waals surface area contributed by atoms with Gasteiger partial charge in [0.25, 0.3) is 0 Å². The van der Waals surface area contributed by atoms with Crippen LogP contribution in [0, 0.1) is 0 Å². The molecule has 0 unspecified atom stereocenters. The molecule has 0 aromatic rings. The lowest BCUT2D eigenvalue weighted by molar-refractivity contribution is 1.09. The highest BCUT2D eigenvalue weighted by Crippen LogP contribution is 1.59. The van der Waals surface area contributed by atoms with Crippen molar-refractivity contribution in [3.63, 3.8) is 0 Å². The Hall–Kier alpha value is 0. The maximum absolute atomic E-state index is 2.12. The van der Waals surface area contributed by atoms with E-state index in [0.29, 0.717) is 0 Å². The molecule has 0 amide bonds. The minimum Gasteiger partial charge on any atom is -0.0776 e. The first kappa shape index (κ1) is 184. The number of hydrogen-bond donors (Lipinski definition) is 0. The van der Waals surface area contributed by atoms with E-state index in [1.165, 1.54) is 77.0 Å². The average molecular weight is 722 g/mol. The van der Waals surface area contributed by atoms with Crippen molar-refractivity contribution in [2.24, 2.45) is 0 Å². The molecule has 48 heavy (non-hydrogen) atoms. The van der Waals surface area contributed by atoms with Gasteiger partial charge in [0.2, 0.25) is 0 Å². The molecule has 0 aliphatic carbocycles. The van der Waals surface area contributed by atoms with Crippen molar-refractivity contribution in [2.45, 2.75) is 332 Å². The predicted molar refractivity (Wildman–Crippen MR) is 272 cm³/mol. The van der Waals surface area contributed by atoms with Crippen molar-refractivity contribution in [2.75, 3.05) is 0 Å². The molecule has 0 aromatic heterocycles. The van der Waals surface area contributed by atoms with E-state index in [1.807, 2.05) is 0 Å². The molecule has 0 heterocycles. The van der Waals surface area contributed by atoms with Gasteiger partial charge < -0.3 is 0 Å². The molecule has 0 atom stereocenters. The van der Waals surface area contributed by atoms with Gasteiger partial charge in [-0.1, -0.05) is 332 Å². The van der Waals surface area contributed by atoms with Crippen molar-refractivity contribution >= 4 is 0 Å². The van der Waals surface area contributed by atoms with Gasteiger partial charge in [-0.05, 0) is 0 Å². The summed E-state index contributed by atoms with van der Waals surface area (Å²) in [4.78, 5) is 0. The first-order valence-electron chi connectivity index (χ1n) is 17.0. The fourth-order valence-electron chi connectivity index (χ4n) is 0. The zero-order chi connectivity index (χ0) is 32.5. The second-order valence-electron chi connectivity index (χ2n) is 8.49. The SMILES string of the molecule is C.C.C.C.C.C.C.C.C.C.C.C.CCC.CCC.CCC.CCC.CCC.CCC.CCC.CCC.CCC.CCC.CCC.CCC. The highest BCUT2D eigenvalue weighted by atomic mass is 13.5. The summed E-state index contributed by atoms with van der Waals surface area (Å²) in [6.45, 7) is 51.0. The summed E-state index contributed by atoms with van der Waals surface area (Å²) in [6, 6.07) is 0. The van der Waals surface area contributed by atoms with Gasteiger partial charge in [0.15, 0.2) is 0 Å².